The molecular weight excluding hydrogens is 230 g/mol. The molecule has 2 heterocycles. The fourth-order valence-corrected chi connectivity index (χ4v) is 1.94. The molecular formula is C12H19N5O. The van der Waals surface area contributed by atoms with Gasteiger partial charge in [-0.1, -0.05) is 0 Å². The zero-order chi connectivity index (χ0) is 12.8. The first kappa shape index (κ1) is 12.8. The van der Waals surface area contributed by atoms with Crippen molar-refractivity contribution in [3.05, 3.63) is 17.8 Å². The third-order valence-corrected chi connectivity index (χ3v) is 2.88. The van der Waals surface area contributed by atoms with E-state index in [4.69, 9.17) is 0 Å². The Morgan fingerprint density at radius 1 is 1.39 bits per heavy atom. The second kappa shape index (κ2) is 6.30. The molecule has 98 valence electrons. The molecule has 0 radical (unpaired) electrons. The third kappa shape index (κ3) is 3.16. The molecule has 1 aromatic rings. The van der Waals surface area contributed by atoms with E-state index in [-0.39, 0.29) is 5.91 Å². The normalized spacial score (nSPS) is 16.2. The first-order valence-corrected chi connectivity index (χ1v) is 6.39. The van der Waals surface area contributed by atoms with Crippen LogP contribution >= 0.6 is 0 Å². The number of nitrogens with one attached hydrogen (secondary N) is 2. The first-order chi connectivity index (χ1) is 8.81. The van der Waals surface area contributed by atoms with Crippen LogP contribution in [0.4, 0.5) is 5.82 Å². The maximum absolute atomic E-state index is 11.6. The molecule has 0 unspecified atom stereocenters. The van der Waals surface area contributed by atoms with Gasteiger partial charge in [-0.15, -0.1) is 10.2 Å². The highest BCUT2D eigenvalue weighted by Crippen LogP contribution is 2.10. The summed E-state index contributed by atoms with van der Waals surface area (Å²) < 4.78 is 0. The highest BCUT2D eigenvalue weighted by atomic mass is 16.1. The van der Waals surface area contributed by atoms with Gasteiger partial charge in [-0.05, 0) is 32.0 Å². The fourth-order valence-electron chi connectivity index (χ4n) is 1.94. The number of hydrogen-bond acceptors (Lipinski definition) is 5. The molecule has 18 heavy (non-hydrogen) atoms. The number of carbonyl (C=O) groups is 1. The Labute approximate surface area is 107 Å². The van der Waals surface area contributed by atoms with Crippen LogP contribution in [0.15, 0.2) is 12.1 Å². The number of hydrogen-bond donors (Lipinski definition) is 2. The molecule has 1 aromatic heterocycles. The molecule has 6 nitrogen and oxygen atoms in total. The summed E-state index contributed by atoms with van der Waals surface area (Å²) in [5.74, 6) is 0.667. The molecule has 6 heteroatoms. The molecule has 1 amide bonds. The molecule has 0 aromatic carbocycles. The molecule has 1 aliphatic rings. The zero-order valence-electron chi connectivity index (χ0n) is 10.6. The Morgan fingerprint density at radius 2 is 2.28 bits per heavy atom. The van der Waals surface area contributed by atoms with Gasteiger partial charge < -0.3 is 15.5 Å². The highest BCUT2D eigenvalue weighted by Gasteiger charge is 2.12. The van der Waals surface area contributed by atoms with E-state index < -0.39 is 0 Å². The number of amides is 1. The van der Waals surface area contributed by atoms with Crippen LogP contribution in [0.5, 0.6) is 0 Å². The summed E-state index contributed by atoms with van der Waals surface area (Å²) in [5, 5.41) is 14.2. The van der Waals surface area contributed by atoms with Gasteiger partial charge >= 0.3 is 0 Å². The fraction of sp³-hybridized carbons (Fsp3) is 0.583. The molecule has 0 atom stereocenters. The molecule has 2 N–H and O–H groups in total. The second-order valence-corrected chi connectivity index (χ2v) is 4.23. The number of rotatable bonds is 3. The number of aromatic nitrogens is 2. The lowest BCUT2D eigenvalue weighted by Gasteiger charge is -2.20. The van der Waals surface area contributed by atoms with Crippen LogP contribution in [0.3, 0.4) is 0 Å². The Hall–Kier alpha value is -1.69. The van der Waals surface area contributed by atoms with E-state index in [1.165, 1.54) is 0 Å². The van der Waals surface area contributed by atoms with Crippen LogP contribution in [0.1, 0.15) is 23.8 Å². The van der Waals surface area contributed by atoms with Crippen LogP contribution < -0.4 is 15.5 Å². The van der Waals surface area contributed by atoms with E-state index in [0.717, 1.165) is 38.4 Å². The maximum atomic E-state index is 11.6. The minimum absolute atomic E-state index is 0.172. The van der Waals surface area contributed by atoms with Gasteiger partial charge in [0.25, 0.3) is 5.91 Å². The molecule has 1 fully saturated rings. The number of anilines is 1. The van der Waals surface area contributed by atoms with E-state index in [2.05, 4.69) is 25.7 Å². The highest BCUT2D eigenvalue weighted by molar-refractivity contribution is 5.92. The van der Waals surface area contributed by atoms with Gasteiger partial charge in [0, 0.05) is 26.2 Å². The van der Waals surface area contributed by atoms with Gasteiger partial charge in [0.05, 0.1) is 0 Å². The second-order valence-electron chi connectivity index (χ2n) is 4.23. The Kier molecular flexibility index (Phi) is 4.46. The molecule has 0 aliphatic carbocycles. The van der Waals surface area contributed by atoms with Crippen LogP contribution in [-0.2, 0) is 0 Å². The maximum Gasteiger partial charge on any atom is 0.271 e. The van der Waals surface area contributed by atoms with Crippen molar-refractivity contribution in [3.63, 3.8) is 0 Å². The lowest BCUT2D eigenvalue weighted by Crippen LogP contribution is -2.29. The monoisotopic (exact) mass is 249 g/mol. The summed E-state index contributed by atoms with van der Waals surface area (Å²) in [6.45, 7) is 6.38. The van der Waals surface area contributed by atoms with Crippen LogP contribution in [-0.4, -0.2) is 48.8 Å². The third-order valence-electron chi connectivity index (χ3n) is 2.88. The SMILES string of the molecule is CCNC(=O)c1ccc(N2CCCNCC2)nn1. The minimum Gasteiger partial charge on any atom is -0.354 e. The summed E-state index contributed by atoms with van der Waals surface area (Å²) in [5.41, 5.74) is 0.369. The van der Waals surface area contributed by atoms with Gasteiger partial charge in [-0.3, -0.25) is 4.79 Å². The van der Waals surface area contributed by atoms with Crippen LogP contribution in [0.25, 0.3) is 0 Å². The molecule has 1 saturated heterocycles. The largest absolute Gasteiger partial charge is 0.354 e. The topological polar surface area (TPSA) is 70.2 Å². The van der Waals surface area contributed by atoms with Crippen molar-refractivity contribution in [1.29, 1.82) is 0 Å². The average molecular weight is 249 g/mol. The summed E-state index contributed by atoms with van der Waals surface area (Å²) >= 11 is 0. The van der Waals surface area contributed by atoms with Crippen molar-refractivity contribution in [3.8, 4) is 0 Å². The van der Waals surface area contributed by atoms with E-state index in [9.17, 15) is 4.79 Å². The Morgan fingerprint density at radius 3 is 3.00 bits per heavy atom. The number of carbonyl (C=O) groups excluding carboxylic acids is 1. The van der Waals surface area contributed by atoms with Crippen LogP contribution in [0.2, 0.25) is 0 Å². The Balaban J connectivity index is 2.04. The summed E-state index contributed by atoms with van der Waals surface area (Å²) in [6.07, 6.45) is 1.10. The van der Waals surface area contributed by atoms with Gasteiger partial charge in [0.1, 0.15) is 0 Å². The van der Waals surface area contributed by atoms with Crippen molar-refractivity contribution >= 4 is 11.7 Å². The van der Waals surface area contributed by atoms with Gasteiger partial charge in [0.2, 0.25) is 0 Å². The van der Waals surface area contributed by atoms with E-state index in [0.29, 0.717) is 12.2 Å². The van der Waals surface area contributed by atoms with Gasteiger partial charge in [0.15, 0.2) is 11.5 Å². The smallest absolute Gasteiger partial charge is 0.271 e. The van der Waals surface area contributed by atoms with Crippen molar-refractivity contribution in [2.45, 2.75) is 13.3 Å². The summed E-state index contributed by atoms with van der Waals surface area (Å²) in [6, 6.07) is 3.59. The molecule has 0 bridgehead atoms. The molecule has 1 aliphatic heterocycles. The zero-order valence-corrected chi connectivity index (χ0v) is 10.6. The van der Waals surface area contributed by atoms with Crippen molar-refractivity contribution in [2.75, 3.05) is 37.6 Å². The Bertz CT molecular complexity index is 384. The van der Waals surface area contributed by atoms with Gasteiger partial charge in [-0.2, -0.15) is 0 Å². The first-order valence-electron chi connectivity index (χ1n) is 6.39. The summed E-state index contributed by atoms with van der Waals surface area (Å²) in [7, 11) is 0. The van der Waals surface area contributed by atoms with Crippen molar-refractivity contribution in [1.82, 2.24) is 20.8 Å². The lowest BCUT2D eigenvalue weighted by atomic mass is 10.3. The molecule has 0 saturated carbocycles. The molecule has 0 spiro atoms. The predicted molar refractivity (Wildman–Crippen MR) is 69.7 cm³/mol. The van der Waals surface area contributed by atoms with E-state index >= 15 is 0 Å². The number of nitrogens with zero attached hydrogens (tertiary/aromatic N) is 3. The summed E-state index contributed by atoms with van der Waals surface area (Å²) in [4.78, 5) is 13.7. The lowest BCUT2D eigenvalue weighted by molar-refractivity contribution is 0.0950. The van der Waals surface area contributed by atoms with Crippen LogP contribution in [0, 0.1) is 0 Å². The minimum atomic E-state index is -0.172. The quantitative estimate of drug-likeness (QED) is 0.790. The van der Waals surface area contributed by atoms with Gasteiger partial charge in [-0.25, -0.2) is 0 Å². The van der Waals surface area contributed by atoms with E-state index in [1.807, 2.05) is 13.0 Å². The van der Waals surface area contributed by atoms with Crippen molar-refractivity contribution in [2.24, 2.45) is 0 Å². The predicted octanol–water partition coefficient (Wildman–Crippen LogP) is 0.0260. The standard InChI is InChI=1S/C12H19N5O/c1-2-14-12(18)10-4-5-11(16-15-10)17-8-3-6-13-7-9-17/h4-5,13H,2-3,6-9H2,1H3,(H,14,18). The van der Waals surface area contributed by atoms with Crippen molar-refractivity contribution < 1.29 is 4.79 Å². The molecule has 2 rings (SSSR count). The average Bonchev–Trinajstić information content (AvgIpc) is 2.68. The van der Waals surface area contributed by atoms with E-state index in [1.54, 1.807) is 6.07 Å².